The largest absolute Gasteiger partial charge is 0.299 e. The van der Waals surface area contributed by atoms with Crippen molar-refractivity contribution in [2.45, 2.75) is 53.4 Å². The fourth-order valence-electron chi connectivity index (χ4n) is 6.37. The zero-order valence-electron chi connectivity index (χ0n) is 15.3. The molecule has 2 fully saturated rings. The minimum atomic E-state index is -0.0244. The van der Waals surface area contributed by atoms with Gasteiger partial charge in [0.2, 0.25) is 0 Å². The van der Waals surface area contributed by atoms with Gasteiger partial charge in [-0.15, -0.1) is 0 Å². The Hall–Kier alpha value is -1.44. The van der Waals surface area contributed by atoms with E-state index in [0.29, 0.717) is 23.5 Å². The third-order valence-corrected chi connectivity index (χ3v) is 8.04. The molecule has 0 amide bonds. The lowest BCUT2D eigenvalue weighted by molar-refractivity contribution is -0.139. The Labute approximate surface area is 145 Å². The summed E-state index contributed by atoms with van der Waals surface area (Å²) in [6, 6.07) is 0. The molecule has 24 heavy (non-hydrogen) atoms. The molecule has 4 rings (SSSR count). The summed E-state index contributed by atoms with van der Waals surface area (Å²) in [4.78, 5) is 24.2. The van der Waals surface area contributed by atoms with Gasteiger partial charge in [0.25, 0.3) is 0 Å². The number of carbonyl (C=O) groups excluding carboxylic acids is 2. The number of rotatable bonds is 0. The molecular formula is C22H28O2. The maximum Gasteiger partial charge on any atom is 0.178 e. The van der Waals surface area contributed by atoms with E-state index in [1.807, 2.05) is 6.08 Å². The summed E-state index contributed by atoms with van der Waals surface area (Å²) in [6.45, 7) is 8.99. The first-order chi connectivity index (χ1) is 11.3. The van der Waals surface area contributed by atoms with Crippen LogP contribution in [0.3, 0.4) is 0 Å². The molecule has 0 aromatic carbocycles. The van der Waals surface area contributed by atoms with Gasteiger partial charge < -0.3 is 0 Å². The molecule has 0 N–H and O–H groups in total. The standard InChI is InChI=1S/C22H28O2/c1-13-11-16-17-5-6-20(24)14(2)21(17,3)10-8-18(16)22(4)9-7-15(23)12-19(13)22/h7,9,11-12,14,16-18H,5-6,8,10H2,1-4H3/t14-,16?,17?,18?,21+,22+/m0/s1. The third kappa shape index (κ3) is 1.95. The molecule has 2 saturated carbocycles. The molecule has 0 spiro atoms. The zero-order chi connectivity index (χ0) is 17.3. The molecule has 4 aliphatic carbocycles. The number of Topliss-reactive ketones (excluding diaryl/α,β-unsaturated/α-hetero) is 1. The minimum Gasteiger partial charge on any atom is -0.299 e. The van der Waals surface area contributed by atoms with Crippen LogP contribution < -0.4 is 0 Å². The van der Waals surface area contributed by atoms with Gasteiger partial charge in [-0.1, -0.05) is 38.5 Å². The van der Waals surface area contributed by atoms with E-state index in [4.69, 9.17) is 0 Å². The first-order valence-electron chi connectivity index (χ1n) is 9.44. The molecular weight excluding hydrogens is 296 g/mol. The summed E-state index contributed by atoms with van der Waals surface area (Å²) in [7, 11) is 0. The molecule has 0 radical (unpaired) electrons. The van der Waals surface area contributed by atoms with Crippen LogP contribution in [0, 0.1) is 34.5 Å². The molecule has 4 aliphatic rings. The van der Waals surface area contributed by atoms with Crippen LogP contribution in [0.15, 0.2) is 35.5 Å². The van der Waals surface area contributed by atoms with E-state index in [-0.39, 0.29) is 22.5 Å². The van der Waals surface area contributed by atoms with Crippen LogP contribution >= 0.6 is 0 Å². The lowest BCUT2D eigenvalue weighted by Gasteiger charge is -2.59. The van der Waals surface area contributed by atoms with Crippen molar-refractivity contribution in [2.75, 3.05) is 0 Å². The molecule has 0 aromatic rings. The summed E-state index contributed by atoms with van der Waals surface area (Å²) >= 11 is 0. The number of fused-ring (bicyclic) bond motifs is 5. The highest BCUT2D eigenvalue weighted by atomic mass is 16.1. The highest BCUT2D eigenvalue weighted by Gasteiger charge is 2.57. The lowest BCUT2D eigenvalue weighted by Crippen LogP contribution is -2.54. The maximum absolute atomic E-state index is 12.3. The molecule has 3 unspecified atom stereocenters. The van der Waals surface area contributed by atoms with Crippen LogP contribution in [0.2, 0.25) is 0 Å². The smallest absolute Gasteiger partial charge is 0.178 e. The summed E-state index contributed by atoms with van der Waals surface area (Å²) in [5.41, 5.74) is 2.60. The first kappa shape index (κ1) is 16.1. The average Bonchev–Trinajstić information content (AvgIpc) is 2.53. The predicted octanol–water partition coefficient (Wildman–Crippen LogP) is 4.67. The van der Waals surface area contributed by atoms with Crippen molar-refractivity contribution in [2.24, 2.45) is 34.5 Å². The molecule has 0 saturated heterocycles. The molecule has 6 atom stereocenters. The van der Waals surface area contributed by atoms with Crippen LogP contribution in [0.4, 0.5) is 0 Å². The maximum atomic E-state index is 12.3. The Morgan fingerprint density at radius 2 is 1.88 bits per heavy atom. The van der Waals surface area contributed by atoms with Crippen molar-refractivity contribution in [1.29, 1.82) is 0 Å². The topological polar surface area (TPSA) is 34.1 Å². The van der Waals surface area contributed by atoms with E-state index in [1.165, 1.54) is 11.1 Å². The minimum absolute atomic E-state index is 0.0244. The van der Waals surface area contributed by atoms with E-state index in [2.05, 4.69) is 39.8 Å². The lowest BCUT2D eigenvalue weighted by atomic mass is 9.44. The third-order valence-electron chi connectivity index (χ3n) is 8.04. The highest BCUT2D eigenvalue weighted by molar-refractivity contribution is 6.01. The van der Waals surface area contributed by atoms with E-state index >= 15 is 0 Å². The van der Waals surface area contributed by atoms with E-state index in [9.17, 15) is 9.59 Å². The van der Waals surface area contributed by atoms with Gasteiger partial charge in [0.15, 0.2) is 5.78 Å². The van der Waals surface area contributed by atoms with Crippen molar-refractivity contribution in [1.82, 2.24) is 0 Å². The van der Waals surface area contributed by atoms with E-state index < -0.39 is 0 Å². The van der Waals surface area contributed by atoms with E-state index in [1.54, 1.807) is 6.08 Å². The fraction of sp³-hybridized carbons (Fsp3) is 0.636. The van der Waals surface area contributed by atoms with Crippen molar-refractivity contribution >= 4 is 11.6 Å². The fourth-order valence-corrected chi connectivity index (χ4v) is 6.37. The van der Waals surface area contributed by atoms with Crippen LogP contribution in [0.25, 0.3) is 0 Å². The van der Waals surface area contributed by atoms with Crippen molar-refractivity contribution in [3.05, 3.63) is 35.5 Å². The van der Waals surface area contributed by atoms with Gasteiger partial charge in [-0.3, -0.25) is 9.59 Å². The molecule has 0 aliphatic heterocycles. The van der Waals surface area contributed by atoms with Gasteiger partial charge in [0.1, 0.15) is 5.78 Å². The number of ketones is 2. The molecule has 2 nitrogen and oxygen atoms in total. The summed E-state index contributed by atoms with van der Waals surface area (Å²) in [5.74, 6) is 2.42. The Balaban J connectivity index is 1.80. The van der Waals surface area contributed by atoms with Crippen LogP contribution in [-0.4, -0.2) is 11.6 Å². The van der Waals surface area contributed by atoms with Gasteiger partial charge in [0, 0.05) is 17.8 Å². The van der Waals surface area contributed by atoms with Gasteiger partial charge in [-0.05, 0) is 67.1 Å². The van der Waals surface area contributed by atoms with Crippen molar-refractivity contribution in [3.63, 3.8) is 0 Å². The second-order valence-corrected chi connectivity index (χ2v) is 8.99. The Morgan fingerprint density at radius 3 is 2.62 bits per heavy atom. The Kier molecular flexibility index (Phi) is 3.37. The normalized spacial score (nSPS) is 47.3. The van der Waals surface area contributed by atoms with E-state index in [0.717, 1.165) is 25.7 Å². The average molecular weight is 324 g/mol. The molecule has 128 valence electrons. The van der Waals surface area contributed by atoms with Crippen molar-refractivity contribution in [3.8, 4) is 0 Å². The number of carbonyl (C=O) groups is 2. The SMILES string of the molecule is CC1=CC2C(CC[C@@]3(C)C2CCC(=O)[C@@H]3C)[C@@]2(C)C=CC(=O)C=C12. The molecule has 0 aromatic heterocycles. The first-order valence-corrected chi connectivity index (χ1v) is 9.44. The molecule has 0 heterocycles. The summed E-state index contributed by atoms with van der Waals surface area (Å²) in [6.07, 6.45) is 12.3. The quantitative estimate of drug-likeness (QED) is 0.649. The monoisotopic (exact) mass is 324 g/mol. The van der Waals surface area contributed by atoms with Crippen molar-refractivity contribution < 1.29 is 9.59 Å². The Bertz CT molecular complexity index is 709. The van der Waals surface area contributed by atoms with Crippen LogP contribution in [0.5, 0.6) is 0 Å². The van der Waals surface area contributed by atoms with Gasteiger partial charge in [-0.25, -0.2) is 0 Å². The zero-order valence-corrected chi connectivity index (χ0v) is 15.3. The van der Waals surface area contributed by atoms with Crippen LogP contribution in [0.1, 0.15) is 53.4 Å². The number of allylic oxidation sites excluding steroid dienone is 6. The molecule has 2 heteroatoms. The number of hydrogen-bond acceptors (Lipinski definition) is 2. The summed E-state index contributed by atoms with van der Waals surface area (Å²) < 4.78 is 0. The van der Waals surface area contributed by atoms with Crippen LogP contribution in [-0.2, 0) is 9.59 Å². The Morgan fingerprint density at radius 1 is 1.12 bits per heavy atom. The summed E-state index contributed by atoms with van der Waals surface area (Å²) in [5, 5.41) is 0. The highest BCUT2D eigenvalue weighted by Crippen LogP contribution is 2.63. The van der Waals surface area contributed by atoms with Gasteiger partial charge in [0.05, 0.1) is 0 Å². The predicted molar refractivity (Wildman–Crippen MR) is 95.3 cm³/mol. The second kappa shape index (κ2) is 5.03. The van der Waals surface area contributed by atoms with Gasteiger partial charge >= 0.3 is 0 Å². The van der Waals surface area contributed by atoms with Gasteiger partial charge in [-0.2, -0.15) is 0 Å². The second-order valence-electron chi connectivity index (χ2n) is 8.99. The number of hydrogen-bond donors (Lipinski definition) is 0. The molecule has 0 bridgehead atoms.